The molecule has 0 aliphatic rings. The van der Waals surface area contributed by atoms with Gasteiger partial charge < -0.3 is 0 Å². The van der Waals surface area contributed by atoms with Crippen LogP contribution in [0, 0.1) is 17.0 Å². The smallest absolute Gasteiger partial charge is 0.270 e. The van der Waals surface area contributed by atoms with Gasteiger partial charge in [0.05, 0.1) is 15.5 Å². The SMILES string of the molecule is Cc1ccc(Cc2cnc(NC(=O)c3ccc([N+](=O)[O-])cc3Cl)s2)cc1Cl. The number of carbonyl (C=O) groups excluding carboxylic acids is 1. The third kappa shape index (κ3) is 4.63. The summed E-state index contributed by atoms with van der Waals surface area (Å²) < 4.78 is 0. The van der Waals surface area contributed by atoms with E-state index in [1.54, 1.807) is 6.20 Å². The number of nitro groups is 1. The van der Waals surface area contributed by atoms with Crippen molar-refractivity contribution in [1.82, 2.24) is 4.98 Å². The maximum absolute atomic E-state index is 12.3. The van der Waals surface area contributed by atoms with Gasteiger partial charge in [-0.05, 0) is 30.2 Å². The molecule has 0 aliphatic carbocycles. The van der Waals surface area contributed by atoms with Crippen molar-refractivity contribution in [1.29, 1.82) is 0 Å². The Balaban J connectivity index is 1.71. The third-order valence-electron chi connectivity index (χ3n) is 3.80. The summed E-state index contributed by atoms with van der Waals surface area (Å²) in [5, 5.41) is 14.5. The highest BCUT2D eigenvalue weighted by Crippen LogP contribution is 2.26. The van der Waals surface area contributed by atoms with E-state index >= 15 is 0 Å². The minimum absolute atomic E-state index is 0.00720. The first-order chi connectivity index (χ1) is 12.8. The largest absolute Gasteiger partial charge is 0.298 e. The van der Waals surface area contributed by atoms with Gasteiger partial charge in [0.25, 0.3) is 11.6 Å². The number of aryl methyl sites for hydroxylation is 1. The van der Waals surface area contributed by atoms with E-state index in [9.17, 15) is 14.9 Å². The van der Waals surface area contributed by atoms with Crippen molar-refractivity contribution >= 4 is 51.3 Å². The lowest BCUT2D eigenvalue weighted by Crippen LogP contribution is -2.12. The number of nitro benzene ring substituents is 1. The summed E-state index contributed by atoms with van der Waals surface area (Å²) >= 11 is 13.5. The number of rotatable bonds is 5. The number of carbonyl (C=O) groups is 1. The van der Waals surface area contributed by atoms with Gasteiger partial charge in [0.15, 0.2) is 5.13 Å². The summed E-state index contributed by atoms with van der Waals surface area (Å²) in [6, 6.07) is 9.55. The summed E-state index contributed by atoms with van der Waals surface area (Å²) in [6.45, 7) is 1.94. The Morgan fingerprint density at radius 1 is 1.22 bits per heavy atom. The normalized spacial score (nSPS) is 10.6. The number of non-ortho nitro benzene ring substituents is 1. The van der Waals surface area contributed by atoms with Gasteiger partial charge in [0.2, 0.25) is 0 Å². The predicted molar refractivity (Wildman–Crippen MR) is 107 cm³/mol. The fourth-order valence-corrected chi connectivity index (χ4v) is 3.67. The van der Waals surface area contributed by atoms with Gasteiger partial charge in [-0.25, -0.2) is 4.98 Å². The van der Waals surface area contributed by atoms with E-state index < -0.39 is 10.8 Å². The molecule has 2 aromatic carbocycles. The summed E-state index contributed by atoms with van der Waals surface area (Å²) in [5.41, 5.74) is 2.03. The van der Waals surface area contributed by atoms with E-state index in [1.165, 1.54) is 23.5 Å². The zero-order chi connectivity index (χ0) is 19.6. The molecule has 3 rings (SSSR count). The van der Waals surface area contributed by atoms with Crippen LogP contribution in [0.1, 0.15) is 26.4 Å². The molecule has 1 aromatic heterocycles. The quantitative estimate of drug-likeness (QED) is 0.434. The maximum Gasteiger partial charge on any atom is 0.270 e. The van der Waals surface area contributed by atoms with Crippen molar-refractivity contribution in [2.45, 2.75) is 13.3 Å². The van der Waals surface area contributed by atoms with Crippen LogP contribution in [0.25, 0.3) is 0 Å². The Morgan fingerprint density at radius 3 is 2.67 bits per heavy atom. The summed E-state index contributed by atoms with van der Waals surface area (Å²) in [5.74, 6) is -0.478. The van der Waals surface area contributed by atoms with Gasteiger partial charge in [0, 0.05) is 34.7 Å². The van der Waals surface area contributed by atoms with Gasteiger partial charge >= 0.3 is 0 Å². The first-order valence-electron chi connectivity index (χ1n) is 7.78. The van der Waals surface area contributed by atoms with Gasteiger partial charge in [-0.15, -0.1) is 11.3 Å². The monoisotopic (exact) mass is 421 g/mol. The van der Waals surface area contributed by atoms with E-state index in [4.69, 9.17) is 23.2 Å². The van der Waals surface area contributed by atoms with Crippen LogP contribution < -0.4 is 5.32 Å². The van der Waals surface area contributed by atoms with Crippen LogP contribution in [0.3, 0.4) is 0 Å². The van der Waals surface area contributed by atoms with Crippen LogP contribution >= 0.6 is 34.5 Å². The van der Waals surface area contributed by atoms with E-state index in [1.807, 2.05) is 25.1 Å². The number of anilines is 1. The number of thiazole rings is 1. The van der Waals surface area contributed by atoms with Crippen LogP contribution in [0.4, 0.5) is 10.8 Å². The fourth-order valence-electron chi connectivity index (χ4n) is 2.36. The van der Waals surface area contributed by atoms with E-state index in [-0.39, 0.29) is 16.3 Å². The highest BCUT2D eigenvalue weighted by Gasteiger charge is 2.16. The molecule has 1 heterocycles. The van der Waals surface area contributed by atoms with Crippen molar-refractivity contribution < 1.29 is 9.72 Å². The van der Waals surface area contributed by atoms with Crippen LogP contribution in [0.5, 0.6) is 0 Å². The second kappa shape index (κ2) is 8.04. The number of benzene rings is 2. The number of nitrogens with zero attached hydrogens (tertiary/aromatic N) is 2. The Hall–Kier alpha value is -2.48. The molecule has 0 unspecified atom stereocenters. The number of hydrogen-bond donors (Lipinski definition) is 1. The Morgan fingerprint density at radius 2 is 2.00 bits per heavy atom. The number of halogens is 2. The standard InChI is InChI=1S/C18H13Cl2N3O3S/c1-10-2-3-11(7-15(10)19)6-13-9-21-18(27-13)22-17(24)14-5-4-12(23(25)26)8-16(14)20/h2-5,7-9H,6H2,1H3,(H,21,22,24). The molecule has 0 saturated carbocycles. The van der Waals surface area contributed by atoms with Crippen LogP contribution in [0.15, 0.2) is 42.6 Å². The maximum atomic E-state index is 12.3. The zero-order valence-corrected chi connectivity index (χ0v) is 16.4. The van der Waals surface area contributed by atoms with Crippen LogP contribution in [0.2, 0.25) is 10.0 Å². The Bertz CT molecular complexity index is 1040. The molecule has 0 saturated heterocycles. The summed E-state index contributed by atoms with van der Waals surface area (Å²) in [6.07, 6.45) is 2.33. The second-order valence-corrected chi connectivity index (χ2v) is 7.70. The predicted octanol–water partition coefficient (Wildman–Crippen LogP) is 5.51. The molecule has 1 amide bonds. The minimum atomic E-state index is -0.571. The number of nitrogens with one attached hydrogen (secondary N) is 1. The molecular formula is C18H13Cl2N3O3S. The first kappa shape index (κ1) is 19.3. The summed E-state index contributed by atoms with van der Waals surface area (Å²) in [7, 11) is 0. The van der Waals surface area contributed by atoms with Gasteiger partial charge in [-0.2, -0.15) is 0 Å². The number of aromatic nitrogens is 1. The topological polar surface area (TPSA) is 85.1 Å². The molecule has 0 aliphatic heterocycles. The summed E-state index contributed by atoms with van der Waals surface area (Å²) in [4.78, 5) is 27.7. The molecule has 9 heteroatoms. The molecule has 0 spiro atoms. The molecule has 0 atom stereocenters. The molecule has 1 N–H and O–H groups in total. The zero-order valence-electron chi connectivity index (χ0n) is 14.0. The fraction of sp³-hybridized carbons (Fsp3) is 0.111. The minimum Gasteiger partial charge on any atom is -0.298 e. The molecular weight excluding hydrogens is 409 g/mol. The van der Waals surface area contributed by atoms with Crippen LogP contribution in [-0.4, -0.2) is 15.8 Å². The van der Waals surface area contributed by atoms with E-state index in [0.717, 1.165) is 22.1 Å². The lowest BCUT2D eigenvalue weighted by Gasteiger charge is -2.04. The third-order valence-corrected chi connectivity index (χ3v) is 5.43. The lowest BCUT2D eigenvalue weighted by atomic mass is 10.1. The average molecular weight is 422 g/mol. The molecule has 6 nitrogen and oxygen atoms in total. The van der Waals surface area contributed by atoms with E-state index in [0.29, 0.717) is 16.6 Å². The molecule has 0 fully saturated rings. The highest BCUT2D eigenvalue weighted by atomic mass is 35.5. The molecule has 138 valence electrons. The highest BCUT2D eigenvalue weighted by molar-refractivity contribution is 7.15. The molecule has 3 aromatic rings. The molecule has 0 bridgehead atoms. The number of amides is 1. The van der Waals surface area contributed by atoms with Crippen molar-refractivity contribution in [3.05, 3.63) is 84.3 Å². The average Bonchev–Trinajstić information content (AvgIpc) is 3.04. The lowest BCUT2D eigenvalue weighted by molar-refractivity contribution is -0.384. The molecule has 0 radical (unpaired) electrons. The Labute approximate surface area is 168 Å². The van der Waals surface area contributed by atoms with Crippen molar-refractivity contribution in [2.24, 2.45) is 0 Å². The number of hydrogen-bond acceptors (Lipinski definition) is 5. The molecule has 27 heavy (non-hydrogen) atoms. The van der Waals surface area contributed by atoms with Crippen molar-refractivity contribution in [2.75, 3.05) is 5.32 Å². The van der Waals surface area contributed by atoms with Gasteiger partial charge in [0.1, 0.15) is 0 Å². The van der Waals surface area contributed by atoms with Gasteiger partial charge in [-0.1, -0.05) is 35.3 Å². The van der Waals surface area contributed by atoms with Crippen LogP contribution in [-0.2, 0) is 6.42 Å². The van der Waals surface area contributed by atoms with E-state index in [2.05, 4.69) is 10.3 Å². The Kier molecular flexibility index (Phi) is 5.74. The second-order valence-electron chi connectivity index (χ2n) is 5.77. The first-order valence-corrected chi connectivity index (χ1v) is 9.36. The van der Waals surface area contributed by atoms with Crippen molar-refractivity contribution in [3.8, 4) is 0 Å². The van der Waals surface area contributed by atoms with Gasteiger partial charge in [-0.3, -0.25) is 20.2 Å². The van der Waals surface area contributed by atoms with Crippen molar-refractivity contribution in [3.63, 3.8) is 0 Å².